The maximum atomic E-state index is 10.5. The zero-order chi connectivity index (χ0) is 16.8. The number of benzene rings is 2. The van der Waals surface area contributed by atoms with Crippen molar-refractivity contribution in [3.8, 4) is 5.75 Å². The number of para-hydroxylation sites is 1. The van der Waals surface area contributed by atoms with Crippen LogP contribution in [-0.4, -0.2) is 49.3 Å². The molecule has 1 heterocycles. The molecule has 2 aromatic carbocycles. The number of hydrogen-bond acceptors (Lipinski definition) is 4. The maximum absolute atomic E-state index is 10.5. The van der Waals surface area contributed by atoms with Crippen LogP contribution >= 0.6 is 0 Å². The summed E-state index contributed by atoms with van der Waals surface area (Å²) in [5.41, 5.74) is 2.23. The summed E-state index contributed by atoms with van der Waals surface area (Å²) in [6, 6.07) is 18.3. The highest BCUT2D eigenvalue weighted by Crippen LogP contribution is 2.20. The number of piperazine rings is 1. The molecule has 0 unspecified atom stereocenters. The van der Waals surface area contributed by atoms with E-state index in [9.17, 15) is 5.11 Å². The Morgan fingerprint density at radius 1 is 0.958 bits per heavy atom. The molecule has 1 atom stereocenters. The van der Waals surface area contributed by atoms with Gasteiger partial charge in [-0.05, 0) is 36.8 Å². The Bertz CT molecular complexity index is 607. The molecule has 2 aromatic rings. The van der Waals surface area contributed by atoms with E-state index in [1.165, 1.54) is 5.69 Å². The average Bonchev–Trinajstić information content (AvgIpc) is 2.64. The smallest absolute Gasteiger partial charge is 0.119 e. The Balaban J connectivity index is 1.50. The van der Waals surface area contributed by atoms with Crippen LogP contribution in [0.15, 0.2) is 54.6 Å². The fraction of sp³-hybridized carbons (Fsp3) is 0.400. The van der Waals surface area contributed by atoms with Crippen LogP contribution in [0.5, 0.6) is 5.75 Å². The van der Waals surface area contributed by atoms with E-state index in [1.807, 2.05) is 37.3 Å². The third-order valence-electron chi connectivity index (χ3n) is 4.50. The Morgan fingerprint density at radius 3 is 2.25 bits per heavy atom. The van der Waals surface area contributed by atoms with Crippen molar-refractivity contribution in [3.63, 3.8) is 0 Å². The van der Waals surface area contributed by atoms with E-state index in [1.54, 1.807) is 0 Å². The van der Waals surface area contributed by atoms with Crippen LogP contribution in [0.4, 0.5) is 5.69 Å². The lowest BCUT2D eigenvalue weighted by Gasteiger charge is -2.37. The highest BCUT2D eigenvalue weighted by Gasteiger charge is 2.20. The first-order valence-corrected chi connectivity index (χ1v) is 8.69. The average molecular weight is 326 g/mol. The second-order valence-electron chi connectivity index (χ2n) is 6.14. The normalized spacial score (nSPS) is 16.8. The lowest BCUT2D eigenvalue weighted by atomic mass is 10.1. The first kappa shape index (κ1) is 16.8. The van der Waals surface area contributed by atoms with Crippen molar-refractivity contribution in [1.82, 2.24) is 4.90 Å². The zero-order valence-corrected chi connectivity index (χ0v) is 14.3. The van der Waals surface area contributed by atoms with Gasteiger partial charge in [-0.2, -0.15) is 0 Å². The van der Waals surface area contributed by atoms with Crippen LogP contribution in [0.1, 0.15) is 18.6 Å². The van der Waals surface area contributed by atoms with Crippen LogP contribution in [-0.2, 0) is 0 Å². The summed E-state index contributed by atoms with van der Waals surface area (Å²) in [6.07, 6.45) is -0.455. The summed E-state index contributed by atoms with van der Waals surface area (Å²) in [6.45, 7) is 7.26. The summed E-state index contributed by atoms with van der Waals surface area (Å²) < 4.78 is 5.45. The number of anilines is 1. The Labute approximate surface area is 144 Å². The molecule has 0 spiro atoms. The minimum absolute atomic E-state index is 0.455. The van der Waals surface area contributed by atoms with E-state index in [0.717, 1.165) is 37.5 Å². The summed E-state index contributed by atoms with van der Waals surface area (Å²) in [5, 5.41) is 10.5. The number of β-amino-alcohol motifs (C(OH)–C–C–N with tert-alkyl or cyclic N) is 1. The molecule has 1 saturated heterocycles. The van der Waals surface area contributed by atoms with Gasteiger partial charge in [-0.25, -0.2) is 0 Å². The molecule has 0 bridgehead atoms. The molecule has 0 aliphatic carbocycles. The van der Waals surface area contributed by atoms with Gasteiger partial charge in [0.25, 0.3) is 0 Å². The fourth-order valence-corrected chi connectivity index (χ4v) is 3.13. The van der Waals surface area contributed by atoms with Crippen molar-refractivity contribution in [1.29, 1.82) is 0 Å². The lowest BCUT2D eigenvalue weighted by Crippen LogP contribution is -2.47. The predicted molar refractivity (Wildman–Crippen MR) is 97.7 cm³/mol. The molecule has 24 heavy (non-hydrogen) atoms. The van der Waals surface area contributed by atoms with Crippen LogP contribution in [0.2, 0.25) is 0 Å². The van der Waals surface area contributed by atoms with Crippen LogP contribution in [0.3, 0.4) is 0 Å². The second-order valence-corrected chi connectivity index (χ2v) is 6.14. The number of nitrogens with zero attached hydrogens (tertiary/aromatic N) is 2. The summed E-state index contributed by atoms with van der Waals surface area (Å²) in [4.78, 5) is 4.74. The van der Waals surface area contributed by atoms with Gasteiger partial charge >= 0.3 is 0 Å². The largest absolute Gasteiger partial charge is 0.494 e. The summed E-state index contributed by atoms with van der Waals surface area (Å²) in [7, 11) is 0. The maximum Gasteiger partial charge on any atom is 0.119 e. The Kier molecular flexibility index (Phi) is 5.72. The molecule has 1 aliphatic heterocycles. The van der Waals surface area contributed by atoms with E-state index in [2.05, 4.69) is 34.1 Å². The molecule has 0 amide bonds. The number of rotatable bonds is 6. The van der Waals surface area contributed by atoms with Crippen molar-refractivity contribution >= 4 is 5.69 Å². The molecule has 0 radical (unpaired) electrons. The number of aliphatic hydroxyl groups is 1. The van der Waals surface area contributed by atoms with Crippen LogP contribution in [0.25, 0.3) is 0 Å². The minimum Gasteiger partial charge on any atom is -0.494 e. The highest BCUT2D eigenvalue weighted by molar-refractivity contribution is 5.46. The van der Waals surface area contributed by atoms with Gasteiger partial charge in [0.15, 0.2) is 0 Å². The van der Waals surface area contributed by atoms with Crippen molar-refractivity contribution in [3.05, 3.63) is 60.2 Å². The van der Waals surface area contributed by atoms with Crippen LogP contribution in [0, 0.1) is 0 Å². The van der Waals surface area contributed by atoms with Gasteiger partial charge in [0, 0.05) is 38.4 Å². The SMILES string of the molecule is CCOc1ccc([C@H](O)CN2CCN(c3ccccc3)CC2)cc1. The standard InChI is InChI=1S/C20H26N2O2/c1-2-24-19-10-8-17(9-11-19)20(23)16-21-12-14-22(15-13-21)18-6-4-3-5-7-18/h3-11,20,23H,2,12-16H2,1H3/t20-/m1/s1. The zero-order valence-electron chi connectivity index (χ0n) is 14.3. The van der Waals surface area contributed by atoms with Crippen LogP contribution < -0.4 is 9.64 Å². The monoisotopic (exact) mass is 326 g/mol. The quantitative estimate of drug-likeness (QED) is 0.885. The molecule has 0 saturated carbocycles. The number of hydrogen-bond donors (Lipinski definition) is 1. The van der Waals surface area contributed by atoms with Gasteiger partial charge < -0.3 is 14.7 Å². The highest BCUT2D eigenvalue weighted by atomic mass is 16.5. The van der Waals surface area contributed by atoms with Crippen molar-refractivity contribution in [2.24, 2.45) is 0 Å². The van der Waals surface area contributed by atoms with Gasteiger partial charge in [-0.15, -0.1) is 0 Å². The Hall–Kier alpha value is -2.04. The fourth-order valence-electron chi connectivity index (χ4n) is 3.13. The summed E-state index contributed by atoms with van der Waals surface area (Å²) in [5.74, 6) is 0.852. The van der Waals surface area contributed by atoms with Crippen molar-refractivity contribution < 1.29 is 9.84 Å². The lowest BCUT2D eigenvalue weighted by molar-refractivity contribution is 0.109. The molecule has 4 heteroatoms. The van der Waals surface area contributed by atoms with E-state index in [4.69, 9.17) is 4.74 Å². The van der Waals surface area contributed by atoms with Gasteiger partial charge in [-0.3, -0.25) is 4.90 Å². The van der Waals surface area contributed by atoms with Gasteiger partial charge in [0.05, 0.1) is 12.7 Å². The van der Waals surface area contributed by atoms with E-state index >= 15 is 0 Å². The molecule has 1 aliphatic rings. The van der Waals surface area contributed by atoms with Crippen molar-refractivity contribution in [2.75, 3.05) is 44.2 Å². The van der Waals surface area contributed by atoms with E-state index in [0.29, 0.717) is 13.2 Å². The van der Waals surface area contributed by atoms with Gasteiger partial charge in [0.2, 0.25) is 0 Å². The predicted octanol–water partition coefficient (Wildman–Crippen LogP) is 2.94. The summed E-state index contributed by atoms with van der Waals surface area (Å²) >= 11 is 0. The second kappa shape index (κ2) is 8.18. The number of aliphatic hydroxyl groups excluding tert-OH is 1. The third kappa shape index (κ3) is 4.28. The van der Waals surface area contributed by atoms with E-state index in [-0.39, 0.29) is 0 Å². The molecule has 1 fully saturated rings. The molecular weight excluding hydrogens is 300 g/mol. The molecule has 1 N–H and O–H groups in total. The van der Waals surface area contributed by atoms with Gasteiger partial charge in [-0.1, -0.05) is 30.3 Å². The molecule has 3 rings (SSSR count). The van der Waals surface area contributed by atoms with E-state index < -0.39 is 6.10 Å². The molecular formula is C20H26N2O2. The third-order valence-corrected chi connectivity index (χ3v) is 4.50. The number of ether oxygens (including phenoxy) is 1. The molecule has 4 nitrogen and oxygen atoms in total. The minimum atomic E-state index is -0.455. The molecule has 0 aromatic heterocycles. The molecule has 128 valence electrons. The van der Waals surface area contributed by atoms with Crippen molar-refractivity contribution in [2.45, 2.75) is 13.0 Å². The first-order chi connectivity index (χ1) is 11.8. The topological polar surface area (TPSA) is 35.9 Å². The Morgan fingerprint density at radius 2 is 1.62 bits per heavy atom. The van der Waals surface area contributed by atoms with Gasteiger partial charge in [0.1, 0.15) is 5.75 Å². The first-order valence-electron chi connectivity index (χ1n) is 8.69.